The van der Waals surface area contributed by atoms with E-state index in [4.69, 9.17) is 5.26 Å². The van der Waals surface area contributed by atoms with E-state index in [9.17, 15) is 14.0 Å². The van der Waals surface area contributed by atoms with Crippen molar-refractivity contribution in [2.75, 3.05) is 7.05 Å². The number of carbonyl (C=O) groups excluding carboxylic acids is 2. The normalized spacial score (nSPS) is 11.5. The maximum atomic E-state index is 13.0. The number of rotatable bonds is 4. The first-order chi connectivity index (χ1) is 10.5. The fourth-order valence-electron chi connectivity index (χ4n) is 2.01. The number of halogens is 1. The zero-order valence-electron chi connectivity index (χ0n) is 12.0. The molecule has 1 amide bonds. The molecule has 0 saturated heterocycles. The molecule has 22 heavy (non-hydrogen) atoms. The predicted molar refractivity (Wildman–Crippen MR) is 82.0 cm³/mol. The number of benzene rings is 1. The van der Waals surface area contributed by atoms with Gasteiger partial charge in [0, 0.05) is 11.9 Å². The third-order valence-electron chi connectivity index (χ3n) is 3.17. The molecule has 0 aliphatic rings. The van der Waals surface area contributed by atoms with Crippen molar-refractivity contribution in [2.45, 2.75) is 6.92 Å². The zero-order chi connectivity index (χ0) is 16.3. The number of hydrogen-bond acceptors (Lipinski definition) is 4. The average molecular weight is 316 g/mol. The minimum Gasteiger partial charge on any atom is -0.358 e. The highest BCUT2D eigenvalue weighted by Gasteiger charge is 2.28. The minimum absolute atomic E-state index is 0.335. The molecule has 0 aliphatic carbocycles. The number of hydrogen-bond donors (Lipinski definition) is 1. The molecule has 1 aromatic carbocycles. The van der Waals surface area contributed by atoms with Gasteiger partial charge in [0.05, 0.1) is 10.9 Å². The molecule has 1 heterocycles. The van der Waals surface area contributed by atoms with E-state index in [0.29, 0.717) is 4.88 Å². The maximum Gasteiger partial charge on any atom is 0.245 e. The number of Topliss-reactive ketones (excluding diaryl/α,β-unsaturated/α-hetero) is 1. The summed E-state index contributed by atoms with van der Waals surface area (Å²) in [4.78, 5) is 25.0. The summed E-state index contributed by atoms with van der Waals surface area (Å²) in [5, 5.41) is 11.3. The Morgan fingerprint density at radius 1 is 1.32 bits per heavy atom. The molecule has 1 N–H and O–H groups in total. The van der Waals surface area contributed by atoms with E-state index < -0.39 is 17.6 Å². The SMILES string of the molecule is CNC(=O)[C@@H](C#N)C(=O)c1cc(C)c(-c2ccc(F)cc2)s1. The highest BCUT2D eigenvalue weighted by molar-refractivity contribution is 7.17. The van der Waals surface area contributed by atoms with E-state index in [2.05, 4.69) is 5.32 Å². The molecule has 0 radical (unpaired) electrons. The van der Waals surface area contributed by atoms with Crippen molar-refractivity contribution in [3.63, 3.8) is 0 Å². The van der Waals surface area contributed by atoms with Crippen LogP contribution in [0.4, 0.5) is 4.39 Å². The van der Waals surface area contributed by atoms with Crippen LogP contribution in [0.2, 0.25) is 0 Å². The summed E-state index contributed by atoms with van der Waals surface area (Å²) in [6.07, 6.45) is 0. The summed E-state index contributed by atoms with van der Waals surface area (Å²) >= 11 is 1.20. The summed E-state index contributed by atoms with van der Waals surface area (Å²) in [5.41, 5.74) is 1.63. The first kappa shape index (κ1) is 15.9. The van der Waals surface area contributed by atoms with Gasteiger partial charge in [-0.2, -0.15) is 5.26 Å². The van der Waals surface area contributed by atoms with Gasteiger partial charge in [0.1, 0.15) is 5.82 Å². The molecule has 2 aromatic rings. The third kappa shape index (κ3) is 3.05. The second kappa shape index (κ2) is 6.50. The van der Waals surface area contributed by atoms with Crippen molar-refractivity contribution >= 4 is 23.0 Å². The molecular weight excluding hydrogens is 303 g/mol. The molecular formula is C16H13FN2O2S. The van der Waals surface area contributed by atoms with E-state index >= 15 is 0 Å². The molecule has 1 atom stereocenters. The molecule has 0 unspecified atom stereocenters. The van der Waals surface area contributed by atoms with Gasteiger partial charge < -0.3 is 5.32 Å². The van der Waals surface area contributed by atoms with Crippen LogP contribution < -0.4 is 5.32 Å². The number of nitriles is 1. The molecule has 2 rings (SSSR count). The highest BCUT2D eigenvalue weighted by atomic mass is 32.1. The largest absolute Gasteiger partial charge is 0.358 e. The van der Waals surface area contributed by atoms with E-state index in [1.807, 2.05) is 6.92 Å². The van der Waals surface area contributed by atoms with Crippen molar-refractivity contribution in [1.82, 2.24) is 5.32 Å². The minimum atomic E-state index is -1.36. The second-order valence-electron chi connectivity index (χ2n) is 4.67. The summed E-state index contributed by atoms with van der Waals surface area (Å²) in [7, 11) is 1.38. The summed E-state index contributed by atoms with van der Waals surface area (Å²) < 4.78 is 13.0. The van der Waals surface area contributed by atoms with Gasteiger partial charge in [0.2, 0.25) is 5.91 Å². The van der Waals surface area contributed by atoms with Crippen LogP contribution in [0.5, 0.6) is 0 Å². The fraction of sp³-hybridized carbons (Fsp3) is 0.188. The van der Waals surface area contributed by atoms with Crippen LogP contribution in [0.3, 0.4) is 0 Å². The van der Waals surface area contributed by atoms with E-state index in [1.165, 1.54) is 30.5 Å². The molecule has 0 fully saturated rings. The van der Waals surface area contributed by atoms with Gasteiger partial charge >= 0.3 is 0 Å². The van der Waals surface area contributed by atoms with E-state index in [-0.39, 0.29) is 5.82 Å². The van der Waals surface area contributed by atoms with Gasteiger partial charge in [-0.25, -0.2) is 4.39 Å². The molecule has 112 valence electrons. The van der Waals surface area contributed by atoms with Crippen LogP contribution in [0.25, 0.3) is 10.4 Å². The van der Waals surface area contributed by atoms with Crippen molar-refractivity contribution in [3.05, 3.63) is 46.6 Å². The van der Waals surface area contributed by atoms with Gasteiger partial charge in [-0.05, 0) is 36.2 Å². The number of nitrogens with one attached hydrogen (secondary N) is 1. The van der Waals surface area contributed by atoms with Gasteiger partial charge in [0.15, 0.2) is 11.7 Å². The summed E-state index contributed by atoms with van der Waals surface area (Å²) in [6, 6.07) is 9.32. The lowest BCUT2D eigenvalue weighted by Gasteiger charge is -2.04. The maximum absolute atomic E-state index is 13.0. The number of ketones is 1. The molecule has 1 aromatic heterocycles. The summed E-state index contributed by atoms with van der Waals surface area (Å²) in [6.45, 7) is 1.83. The lowest BCUT2D eigenvalue weighted by Crippen LogP contribution is -2.31. The molecule has 0 saturated carbocycles. The Hall–Kier alpha value is -2.52. The molecule has 6 heteroatoms. The van der Waals surface area contributed by atoms with Crippen LogP contribution in [-0.2, 0) is 4.79 Å². The zero-order valence-corrected chi connectivity index (χ0v) is 12.8. The van der Waals surface area contributed by atoms with Crippen LogP contribution in [0.15, 0.2) is 30.3 Å². The van der Waals surface area contributed by atoms with Crippen LogP contribution in [0, 0.1) is 30.0 Å². The first-order valence-corrected chi connectivity index (χ1v) is 7.31. The lowest BCUT2D eigenvalue weighted by atomic mass is 10.0. The Bertz CT molecular complexity index is 759. The van der Waals surface area contributed by atoms with Gasteiger partial charge in [-0.15, -0.1) is 11.3 Å². The molecule has 0 bridgehead atoms. The van der Waals surface area contributed by atoms with Gasteiger partial charge in [0.25, 0.3) is 0 Å². The average Bonchev–Trinajstić information content (AvgIpc) is 2.90. The second-order valence-corrected chi connectivity index (χ2v) is 5.72. The Kier molecular flexibility index (Phi) is 4.68. The first-order valence-electron chi connectivity index (χ1n) is 6.49. The van der Waals surface area contributed by atoms with Crippen molar-refractivity contribution in [3.8, 4) is 16.5 Å². The number of amides is 1. The number of carbonyl (C=O) groups is 2. The van der Waals surface area contributed by atoms with Crippen LogP contribution in [0.1, 0.15) is 15.2 Å². The Balaban J connectivity index is 2.37. The van der Waals surface area contributed by atoms with Crippen LogP contribution in [-0.4, -0.2) is 18.7 Å². The number of thiophene rings is 1. The van der Waals surface area contributed by atoms with Crippen molar-refractivity contribution in [1.29, 1.82) is 5.26 Å². The number of nitrogens with zero attached hydrogens (tertiary/aromatic N) is 1. The Morgan fingerprint density at radius 2 is 1.95 bits per heavy atom. The van der Waals surface area contributed by atoms with E-state index in [1.54, 1.807) is 24.3 Å². The smallest absolute Gasteiger partial charge is 0.245 e. The quantitative estimate of drug-likeness (QED) is 0.696. The fourth-order valence-corrected chi connectivity index (χ4v) is 3.16. The Morgan fingerprint density at radius 3 is 2.50 bits per heavy atom. The Labute approximate surface area is 131 Å². The molecule has 4 nitrogen and oxygen atoms in total. The van der Waals surface area contributed by atoms with Crippen molar-refractivity contribution < 1.29 is 14.0 Å². The van der Waals surface area contributed by atoms with E-state index in [0.717, 1.165) is 16.0 Å². The lowest BCUT2D eigenvalue weighted by molar-refractivity contribution is -0.121. The van der Waals surface area contributed by atoms with Gasteiger partial charge in [-0.1, -0.05) is 12.1 Å². The topological polar surface area (TPSA) is 70.0 Å². The van der Waals surface area contributed by atoms with Crippen molar-refractivity contribution in [2.24, 2.45) is 5.92 Å². The molecule has 0 spiro atoms. The summed E-state index contributed by atoms with van der Waals surface area (Å²) in [5.74, 6) is -2.84. The monoisotopic (exact) mass is 316 g/mol. The molecule has 0 aliphatic heterocycles. The standard InChI is InChI=1S/C16H13FN2O2S/c1-9-7-13(14(20)12(8-18)16(21)19-2)22-15(9)10-3-5-11(17)6-4-10/h3-7,12H,1-2H3,(H,19,21)/t12-/m0/s1. The number of aryl methyl sites for hydroxylation is 1. The van der Waals surface area contributed by atoms with Crippen LogP contribution >= 0.6 is 11.3 Å². The predicted octanol–water partition coefficient (Wildman–Crippen LogP) is 2.93. The highest BCUT2D eigenvalue weighted by Crippen LogP contribution is 2.33. The third-order valence-corrected chi connectivity index (χ3v) is 4.47. The van der Waals surface area contributed by atoms with Gasteiger partial charge in [-0.3, -0.25) is 9.59 Å².